The lowest BCUT2D eigenvalue weighted by molar-refractivity contribution is 0.669. The molecule has 0 saturated heterocycles. The third kappa shape index (κ3) is 6.12. The third-order valence-corrected chi connectivity index (χ3v) is 12.1. The van der Waals surface area contributed by atoms with E-state index in [0.29, 0.717) is 17.5 Å². The maximum absolute atomic E-state index is 6.65. The molecule has 12 aromatic rings. The Balaban J connectivity index is 1.03. The van der Waals surface area contributed by atoms with E-state index in [4.69, 9.17) is 19.4 Å². The Bertz CT molecular complexity index is 3680. The molecule has 0 bridgehead atoms. The summed E-state index contributed by atoms with van der Waals surface area (Å²) in [7, 11) is 0. The topological polar surface area (TPSA) is 51.8 Å². The molecule has 62 heavy (non-hydrogen) atoms. The molecular weight excluding hydrogens is 755 g/mol. The van der Waals surface area contributed by atoms with Crippen LogP contribution in [0.15, 0.2) is 211 Å². The van der Waals surface area contributed by atoms with E-state index >= 15 is 0 Å². The summed E-state index contributed by atoms with van der Waals surface area (Å²) in [4.78, 5) is 15.7. The van der Waals surface area contributed by atoms with Crippen LogP contribution < -0.4 is 0 Å². The third-order valence-electron chi connectivity index (χ3n) is 12.1. The van der Waals surface area contributed by atoms with Crippen LogP contribution in [0.25, 0.3) is 122 Å². The molecule has 0 unspecified atom stereocenters. The second-order valence-electron chi connectivity index (χ2n) is 16.0. The first-order valence-corrected chi connectivity index (χ1v) is 21.0. The zero-order valence-corrected chi connectivity index (χ0v) is 33.9. The number of fused-ring (bicyclic) bond motifs is 9. The lowest BCUT2D eigenvalue weighted by Crippen LogP contribution is -2.00. The van der Waals surface area contributed by atoms with Crippen LogP contribution in [-0.2, 0) is 0 Å². The van der Waals surface area contributed by atoms with E-state index in [-0.39, 0.29) is 0 Å². The van der Waals surface area contributed by atoms with Crippen LogP contribution >= 0.6 is 0 Å². The van der Waals surface area contributed by atoms with Crippen LogP contribution in [0.5, 0.6) is 0 Å². The van der Waals surface area contributed by atoms with E-state index in [1.54, 1.807) is 0 Å². The number of hydrogen-bond donors (Lipinski definition) is 0. The second-order valence-corrected chi connectivity index (χ2v) is 16.0. The molecule has 0 aliphatic rings. The molecule has 10 aromatic carbocycles. The predicted octanol–water partition coefficient (Wildman–Crippen LogP) is 15.5. The summed E-state index contributed by atoms with van der Waals surface area (Å²) < 4.78 is 6.65. The van der Waals surface area contributed by atoms with Crippen molar-refractivity contribution in [2.75, 3.05) is 0 Å². The molecule has 0 saturated carbocycles. The van der Waals surface area contributed by atoms with Crippen molar-refractivity contribution in [2.24, 2.45) is 0 Å². The highest BCUT2D eigenvalue weighted by Gasteiger charge is 2.18. The van der Waals surface area contributed by atoms with Gasteiger partial charge in [-0.1, -0.05) is 175 Å². The van der Waals surface area contributed by atoms with Crippen LogP contribution in [0, 0.1) is 6.92 Å². The summed E-state index contributed by atoms with van der Waals surface area (Å²) >= 11 is 0. The van der Waals surface area contributed by atoms with Gasteiger partial charge in [0.25, 0.3) is 0 Å². The Morgan fingerprint density at radius 1 is 0.290 bits per heavy atom. The van der Waals surface area contributed by atoms with Crippen molar-refractivity contribution >= 4 is 54.3 Å². The summed E-state index contributed by atoms with van der Waals surface area (Å²) in [5.74, 6) is 1.79. The highest BCUT2D eigenvalue weighted by molar-refractivity contribution is 6.25. The molecule has 0 atom stereocenters. The molecule has 0 spiro atoms. The molecule has 4 heteroatoms. The van der Waals surface area contributed by atoms with Crippen LogP contribution in [0.1, 0.15) is 5.56 Å². The lowest BCUT2D eigenvalue weighted by Gasteiger charge is -2.13. The first kappa shape index (κ1) is 35.7. The van der Waals surface area contributed by atoms with Gasteiger partial charge in [-0.25, -0.2) is 15.0 Å². The van der Waals surface area contributed by atoms with Gasteiger partial charge in [-0.3, -0.25) is 0 Å². The molecule has 0 aliphatic carbocycles. The standard InChI is InChI=1S/C58H37N3O/c1-36-13-9-16-38(31-36)40-18-11-20-42(33-40)56-59-57(43-27-29-50-48-23-6-5-21-46(48)47-22-7-8-24-49(47)52(50)34-43)61-58(60-56)44-28-30-51-54(35-44)62-53-26-12-25-45(55(51)53)41-19-10-17-39(32-41)37-14-3-2-4-15-37/h2-35H,1H3. The Morgan fingerprint density at radius 2 is 0.758 bits per heavy atom. The first-order chi connectivity index (χ1) is 30.6. The first-order valence-electron chi connectivity index (χ1n) is 21.0. The zero-order valence-electron chi connectivity index (χ0n) is 33.9. The van der Waals surface area contributed by atoms with E-state index in [1.807, 2.05) is 6.07 Å². The summed E-state index contributed by atoms with van der Waals surface area (Å²) in [5, 5.41) is 9.38. The molecule has 2 aromatic heterocycles. The Labute approximate surface area is 358 Å². The Kier molecular flexibility index (Phi) is 8.36. The minimum atomic E-state index is 0.576. The number of rotatable bonds is 6. The van der Waals surface area contributed by atoms with Gasteiger partial charge in [-0.2, -0.15) is 0 Å². The van der Waals surface area contributed by atoms with Gasteiger partial charge in [0.1, 0.15) is 11.2 Å². The normalized spacial score (nSPS) is 11.6. The van der Waals surface area contributed by atoms with Crippen LogP contribution in [0.2, 0.25) is 0 Å². The Morgan fingerprint density at radius 3 is 1.44 bits per heavy atom. The van der Waals surface area contributed by atoms with E-state index in [9.17, 15) is 0 Å². The minimum Gasteiger partial charge on any atom is -0.456 e. The number of aryl methyl sites for hydroxylation is 1. The fourth-order valence-electron chi connectivity index (χ4n) is 9.17. The SMILES string of the molecule is Cc1cccc(-c2cccc(-c3nc(-c4ccc5c(c4)oc4cccc(-c6cccc(-c7ccccc7)c6)c45)nc(-c4ccc5c6ccccc6c6ccccc6c5c4)n3)c2)c1. The second kappa shape index (κ2) is 14.5. The van der Waals surface area contributed by atoms with Crippen molar-refractivity contribution in [1.82, 2.24) is 15.0 Å². The number of nitrogens with zero attached hydrogens (tertiary/aromatic N) is 3. The molecule has 4 nitrogen and oxygen atoms in total. The van der Waals surface area contributed by atoms with Crippen molar-refractivity contribution in [2.45, 2.75) is 6.92 Å². The number of hydrogen-bond acceptors (Lipinski definition) is 4. The fourth-order valence-corrected chi connectivity index (χ4v) is 9.17. The van der Waals surface area contributed by atoms with Gasteiger partial charge in [0.2, 0.25) is 0 Å². The summed E-state index contributed by atoms with van der Waals surface area (Å²) in [5.41, 5.74) is 12.4. The molecule has 0 radical (unpaired) electrons. The number of aromatic nitrogens is 3. The summed E-state index contributed by atoms with van der Waals surface area (Å²) in [6.07, 6.45) is 0. The molecule has 0 fully saturated rings. The van der Waals surface area contributed by atoms with E-state index in [2.05, 4.69) is 207 Å². The number of furan rings is 1. The largest absolute Gasteiger partial charge is 0.456 e. The van der Waals surface area contributed by atoms with Gasteiger partial charge in [0, 0.05) is 27.5 Å². The van der Waals surface area contributed by atoms with Crippen molar-refractivity contribution in [3.05, 3.63) is 212 Å². The van der Waals surface area contributed by atoms with Crippen molar-refractivity contribution in [3.63, 3.8) is 0 Å². The van der Waals surface area contributed by atoms with Crippen LogP contribution in [0.4, 0.5) is 0 Å². The molecule has 0 N–H and O–H groups in total. The minimum absolute atomic E-state index is 0.576. The van der Waals surface area contributed by atoms with Gasteiger partial charge < -0.3 is 4.42 Å². The maximum atomic E-state index is 6.65. The molecule has 0 aliphatic heterocycles. The Hall–Kier alpha value is -8.21. The molecule has 12 rings (SSSR count). The highest BCUT2D eigenvalue weighted by Crippen LogP contribution is 2.41. The van der Waals surface area contributed by atoms with Gasteiger partial charge in [-0.15, -0.1) is 0 Å². The quantitative estimate of drug-likeness (QED) is 0.157. The monoisotopic (exact) mass is 791 g/mol. The van der Waals surface area contributed by atoms with Gasteiger partial charge in [-0.05, 0) is 109 Å². The highest BCUT2D eigenvalue weighted by atomic mass is 16.3. The van der Waals surface area contributed by atoms with Gasteiger partial charge >= 0.3 is 0 Å². The predicted molar refractivity (Wildman–Crippen MR) is 257 cm³/mol. The summed E-state index contributed by atoms with van der Waals surface area (Å²) in [6, 6.07) is 72.8. The smallest absolute Gasteiger partial charge is 0.164 e. The van der Waals surface area contributed by atoms with E-state index < -0.39 is 0 Å². The fraction of sp³-hybridized carbons (Fsp3) is 0.0172. The van der Waals surface area contributed by atoms with Crippen molar-refractivity contribution < 1.29 is 4.42 Å². The average Bonchev–Trinajstić information content (AvgIpc) is 3.72. The van der Waals surface area contributed by atoms with Crippen molar-refractivity contribution in [3.8, 4) is 67.5 Å². The molecular formula is C58H37N3O. The van der Waals surface area contributed by atoms with E-state index in [0.717, 1.165) is 66.3 Å². The van der Waals surface area contributed by atoms with Gasteiger partial charge in [0.05, 0.1) is 0 Å². The molecule has 290 valence electrons. The molecule has 2 heterocycles. The van der Waals surface area contributed by atoms with E-state index in [1.165, 1.54) is 43.6 Å². The lowest BCUT2D eigenvalue weighted by atomic mass is 9.93. The zero-order chi connectivity index (χ0) is 41.1. The van der Waals surface area contributed by atoms with Crippen molar-refractivity contribution in [1.29, 1.82) is 0 Å². The van der Waals surface area contributed by atoms with Crippen LogP contribution in [0.3, 0.4) is 0 Å². The summed E-state index contributed by atoms with van der Waals surface area (Å²) in [6.45, 7) is 2.12. The van der Waals surface area contributed by atoms with Gasteiger partial charge in [0.15, 0.2) is 17.5 Å². The average molecular weight is 792 g/mol. The van der Waals surface area contributed by atoms with Crippen LogP contribution in [-0.4, -0.2) is 15.0 Å². The molecule has 0 amide bonds. The maximum Gasteiger partial charge on any atom is 0.164 e. The number of benzene rings is 10.